The van der Waals surface area contributed by atoms with Crippen molar-refractivity contribution in [1.82, 2.24) is 5.43 Å². The smallest absolute Gasteiger partial charge is 0.275 e. The number of ether oxygens (including phenoxy) is 1. The normalized spacial score (nSPS) is 11.2. The first-order valence-electron chi connectivity index (χ1n) is 6.73. The molecule has 2 aromatic rings. The van der Waals surface area contributed by atoms with Crippen LogP contribution < -0.4 is 10.2 Å². The highest BCUT2D eigenvalue weighted by Gasteiger charge is 2.14. The number of rotatable bonds is 4. The van der Waals surface area contributed by atoms with Crippen molar-refractivity contribution in [3.05, 3.63) is 51.5 Å². The summed E-state index contributed by atoms with van der Waals surface area (Å²) >= 11 is 11.7. The van der Waals surface area contributed by atoms with Crippen molar-refractivity contribution >= 4 is 34.8 Å². The zero-order valence-electron chi connectivity index (χ0n) is 12.8. The summed E-state index contributed by atoms with van der Waals surface area (Å²) in [6.45, 7) is 1.57. The van der Waals surface area contributed by atoms with Gasteiger partial charge in [-0.25, -0.2) is 5.43 Å². The zero-order valence-corrected chi connectivity index (χ0v) is 14.3. The number of carbonyl (C=O) groups excluding carboxylic acids is 1. The highest BCUT2D eigenvalue weighted by atomic mass is 35.5. The molecule has 0 heterocycles. The van der Waals surface area contributed by atoms with E-state index in [-0.39, 0.29) is 27.6 Å². The van der Waals surface area contributed by atoms with Crippen LogP contribution in [0.4, 0.5) is 0 Å². The van der Waals surface area contributed by atoms with Gasteiger partial charge in [-0.3, -0.25) is 4.79 Å². The Morgan fingerprint density at radius 1 is 1.17 bits per heavy atom. The number of nitrogens with one attached hydrogen (secondary N) is 1. The molecule has 0 saturated heterocycles. The molecule has 0 aliphatic rings. The molecule has 0 aliphatic heterocycles. The van der Waals surface area contributed by atoms with Crippen LogP contribution in [-0.2, 0) is 0 Å². The Labute approximate surface area is 148 Å². The molecule has 0 saturated carbocycles. The number of carbonyl (C=O) groups is 1. The van der Waals surface area contributed by atoms with Gasteiger partial charge in [-0.15, -0.1) is 0 Å². The van der Waals surface area contributed by atoms with E-state index in [0.29, 0.717) is 16.5 Å². The van der Waals surface area contributed by atoms with Crippen LogP contribution in [0.2, 0.25) is 10.0 Å². The third-order valence-electron chi connectivity index (χ3n) is 3.19. The lowest BCUT2D eigenvalue weighted by molar-refractivity contribution is 0.0952. The second-order valence-electron chi connectivity index (χ2n) is 4.80. The molecule has 24 heavy (non-hydrogen) atoms. The van der Waals surface area contributed by atoms with Crippen LogP contribution in [0.25, 0.3) is 0 Å². The SMILES string of the molecule is COc1ccc(C(=O)N/N=C(\C)c2cc(Cl)cc(Cl)c2O)c(O)c1. The lowest BCUT2D eigenvalue weighted by Gasteiger charge is -2.08. The molecule has 0 spiro atoms. The Morgan fingerprint density at radius 2 is 1.88 bits per heavy atom. The Kier molecular flexibility index (Phi) is 5.54. The molecule has 126 valence electrons. The van der Waals surface area contributed by atoms with Crippen LogP contribution in [0.5, 0.6) is 17.2 Å². The zero-order chi connectivity index (χ0) is 17.9. The van der Waals surface area contributed by atoms with E-state index in [4.69, 9.17) is 27.9 Å². The van der Waals surface area contributed by atoms with Crippen molar-refractivity contribution in [2.75, 3.05) is 7.11 Å². The molecule has 0 radical (unpaired) electrons. The number of benzene rings is 2. The van der Waals surface area contributed by atoms with Crippen molar-refractivity contribution in [2.24, 2.45) is 5.10 Å². The molecular formula is C16H14Cl2N2O4. The van der Waals surface area contributed by atoms with Gasteiger partial charge < -0.3 is 14.9 Å². The fourth-order valence-corrected chi connectivity index (χ4v) is 2.42. The molecule has 2 aromatic carbocycles. The third kappa shape index (κ3) is 3.90. The standard InChI is InChI=1S/C16H14Cl2N2O4/c1-8(12-5-9(17)6-13(18)15(12)22)19-20-16(23)11-4-3-10(24-2)7-14(11)21/h3-7,21-22H,1-2H3,(H,20,23)/b19-8+. The highest BCUT2D eigenvalue weighted by molar-refractivity contribution is 6.36. The lowest BCUT2D eigenvalue weighted by Crippen LogP contribution is -2.19. The first-order chi connectivity index (χ1) is 11.3. The topological polar surface area (TPSA) is 91.2 Å². The van der Waals surface area contributed by atoms with Crippen molar-refractivity contribution in [1.29, 1.82) is 0 Å². The first-order valence-corrected chi connectivity index (χ1v) is 7.49. The molecule has 0 aliphatic carbocycles. The number of nitrogens with zero attached hydrogens (tertiary/aromatic N) is 1. The number of hydrogen-bond donors (Lipinski definition) is 3. The maximum atomic E-state index is 12.1. The Balaban J connectivity index is 2.23. The molecular weight excluding hydrogens is 355 g/mol. The number of methoxy groups -OCH3 is 1. The lowest BCUT2D eigenvalue weighted by atomic mass is 10.1. The van der Waals surface area contributed by atoms with E-state index in [1.165, 1.54) is 37.4 Å². The Morgan fingerprint density at radius 3 is 2.50 bits per heavy atom. The molecule has 2 rings (SSSR count). The Bertz CT molecular complexity index is 822. The number of phenolic OH excluding ortho intramolecular Hbond substituents is 2. The summed E-state index contributed by atoms with van der Waals surface area (Å²) < 4.78 is 4.95. The van der Waals surface area contributed by atoms with E-state index < -0.39 is 5.91 Å². The number of phenols is 2. The Hall–Kier alpha value is -2.44. The second-order valence-corrected chi connectivity index (χ2v) is 5.65. The van der Waals surface area contributed by atoms with Crippen LogP contribution in [0.1, 0.15) is 22.8 Å². The number of halogens is 2. The highest BCUT2D eigenvalue weighted by Crippen LogP contribution is 2.31. The summed E-state index contributed by atoms with van der Waals surface area (Å²) in [6.07, 6.45) is 0. The fourth-order valence-electron chi connectivity index (χ4n) is 1.93. The van der Waals surface area contributed by atoms with Crippen molar-refractivity contribution in [2.45, 2.75) is 6.92 Å². The largest absolute Gasteiger partial charge is 0.507 e. The molecule has 1 amide bonds. The van der Waals surface area contributed by atoms with Crippen molar-refractivity contribution in [3.8, 4) is 17.2 Å². The van der Waals surface area contributed by atoms with Gasteiger partial charge in [0.15, 0.2) is 0 Å². The molecule has 6 nitrogen and oxygen atoms in total. The van der Waals surface area contributed by atoms with E-state index in [9.17, 15) is 15.0 Å². The van der Waals surface area contributed by atoms with Crippen LogP contribution in [0.3, 0.4) is 0 Å². The van der Waals surface area contributed by atoms with Crippen molar-refractivity contribution < 1.29 is 19.7 Å². The van der Waals surface area contributed by atoms with Crippen LogP contribution in [0, 0.1) is 0 Å². The predicted molar refractivity (Wildman–Crippen MR) is 92.5 cm³/mol. The summed E-state index contributed by atoms with van der Waals surface area (Å²) in [6, 6.07) is 7.12. The van der Waals surface area contributed by atoms with Gasteiger partial charge in [0.2, 0.25) is 0 Å². The monoisotopic (exact) mass is 368 g/mol. The van der Waals surface area contributed by atoms with E-state index in [2.05, 4.69) is 10.5 Å². The van der Waals surface area contributed by atoms with Crippen molar-refractivity contribution in [3.63, 3.8) is 0 Å². The minimum Gasteiger partial charge on any atom is -0.507 e. The van der Waals surface area contributed by atoms with Gasteiger partial charge in [0, 0.05) is 16.7 Å². The first kappa shape index (κ1) is 17.9. The maximum Gasteiger partial charge on any atom is 0.275 e. The van der Waals surface area contributed by atoms with E-state index in [0.717, 1.165) is 0 Å². The summed E-state index contributed by atoms with van der Waals surface area (Å²) in [5, 5.41) is 24.1. The minimum atomic E-state index is -0.623. The molecule has 0 fully saturated rings. The van der Waals surface area contributed by atoms with Crippen LogP contribution >= 0.6 is 23.2 Å². The average molecular weight is 369 g/mol. The number of aromatic hydroxyl groups is 2. The molecule has 0 bridgehead atoms. The van der Waals surface area contributed by atoms with Gasteiger partial charge in [-0.1, -0.05) is 23.2 Å². The quantitative estimate of drug-likeness (QED) is 0.568. The van der Waals surface area contributed by atoms with Gasteiger partial charge in [-0.05, 0) is 31.2 Å². The fraction of sp³-hybridized carbons (Fsp3) is 0.125. The molecule has 0 atom stereocenters. The predicted octanol–water partition coefficient (Wildman–Crippen LogP) is 3.57. The summed E-state index contributed by atoms with van der Waals surface area (Å²) in [7, 11) is 1.45. The molecule has 0 unspecified atom stereocenters. The van der Waals surface area contributed by atoms with Gasteiger partial charge in [-0.2, -0.15) is 5.10 Å². The maximum absolute atomic E-state index is 12.1. The minimum absolute atomic E-state index is 0.0284. The molecule has 8 heteroatoms. The number of amides is 1. The van der Waals surface area contributed by atoms with Gasteiger partial charge in [0.1, 0.15) is 17.2 Å². The molecule has 3 N–H and O–H groups in total. The number of hydrazone groups is 1. The molecule has 0 aromatic heterocycles. The second kappa shape index (κ2) is 7.42. The van der Waals surface area contributed by atoms with Gasteiger partial charge >= 0.3 is 0 Å². The van der Waals surface area contributed by atoms with E-state index in [1.807, 2.05) is 0 Å². The van der Waals surface area contributed by atoms with Gasteiger partial charge in [0.05, 0.1) is 23.4 Å². The van der Waals surface area contributed by atoms with E-state index in [1.54, 1.807) is 6.92 Å². The van der Waals surface area contributed by atoms with Crippen LogP contribution in [0.15, 0.2) is 35.4 Å². The summed E-state index contributed by atoms with van der Waals surface area (Å²) in [4.78, 5) is 12.1. The van der Waals surface area contributed by atoms with Gasteiger partial charge in [0.25, 0.3) is 5.91 Å². The summed E-state index contributed by atoms with van der Waals surface area (Å²) in [5.41, 5.74) is 2.90. The summed E-state index contributed by atoms with van der Waals surface area (Å²) in [5.74, 6) is -0.637. The third-order valence-corrected chi connectivity index (χ3v) is 3.70. The number of hydrogen-bond acceptors (Lipinski definition) is 5. The average Bonchev–Trinajstić information content (AvgIpc) is 2.55. The van der Waals surface area contributed by atoms with E-state index >= 15 is 0 Å². The van der Waals surface area contributed by atoms with Crippen LogP contribution in [-0.4, -0.2) is 28.9 Å².